The lowest BCUT2D eigenvalue weighted by Crippen LogP contribution is -2.45. The summed E-state index contributed by atoms with van der Waals surface area (Å²) in [6.45, 7) is 3.45. The molecule has 1 N–H and O–H groups in total. The molecule has 1 fully saturated rings. The van der Waals surface area contributed by atoms with Gasteiger partial charge in [-0.2, -0.15) is 0 Å². The Balaban J connectivity index is 1.73. The molecular weight excluding hydrogens is 354 g/mol. The molecule has 0 unspecified atom stereocenters. The number of hydrogen-bond donors (Lipinski definition) is 1. The van der Waals surface area contributed by atoms with Gasteiger partial charge in [0.15, 0.2) is 11.5 Å². The lowest BCUT2D eigenvalue weighted by atomic mass is 10.2. The Labute approximate surface area is 164 Å². The maximum atomic E-state index is 13.1. The van der Waals surface area contributed by atoms with Gasteiger partial charge in [0.25, 0.3) is 5.91 Å². The highest BCUT2D eigenvalue weighted by atomic mass is 16.5. The number of methoxy groups -OCH3 is 1. The second kappa shape index (κ2) is 7.82. The molecule has 0 atom stereocenters. The second-order valence-electron chi connectivity index (χ2n) is 6.83. The number of nitrogens with zero attached hydrogens (tertiary/aromatic N) is 4. The second-order valence-corrected chi connectivity index (χ2v) is 6.83. The van der Waals surface area contributed by atoms with E-state index < -0.39 is 0 Å². The standard InChI is InChI=1S/C21H23N5O2/c1-25-11-13-26(14-12-25)20-19(22-15-7-3-4-8-16(15)23-20)21(27)24-17-9-5-6-10-18(17)28-2/h3-10H,11-14H2,1-2H3,(H,24,27). The van der Waals surface area contributed by atoms with Crippen LogP contribution in [-0.2, 0) is 0 Å². The Kier molecular flexibility index (Phi) is 5.08. The Morgan fingerprint density at radius 1 is 0.964 bits per heavy atom. The van der Waals surface area contributed by atoms with Crippen molar-refractivity contribution in [3.05, 3.63) is 54.2 Å². The number of nitrogens with one attached hydrogen (secondary N) is 1. The van der Waals surface area contributed by atoms with Gasteiger partial charge in [0, 0.05) is 26.2 Å². The summed E-state index contributed by atoms with van der Waals surface area (Å²) in [7, 11) is 3.68. The Morgan fingerprint density at radius 2 is 1.61 bits per heavy atom. The highest BCUT2D eigenvalue weighted by Gasteiger charge is 2.24. The molecule has 144 valence electrons. The molecule has 4 rings (SSSR count). The number of amides is 1. The van der Waals surface area contributed by atoms with Crippen LogP contribution < -0.4 is 15.0 Å². The van der Waals surface area contributed by atoms with E-state index >= 15 is 0 Å². The Hall–Kier alpha value is -3.19. The zero-order valence-electron chi connectivity index (χ0n) is 16.1. The summed E-state index contributed by atoms with van der Waals surface area (Å²) < 4.78 is 5.34. The summed E-state index contributed by atoms with van der Waals surface area (Å²) in [6, 6.07) is 14.9. The molecule has 2 heterocycles. The van der Waals surface area contributed by atoms with Crippen molar-refractivity contribution in [1.82, 2.24) is 14.9 Å². The molecule has 0 saturated carbocycles. The number of fused-ring (bicyclic) bond motifs is 1. The molecule has 1 amide bonds. The van der Waals surface area contributed by atoms with Gasteiger partial charge in [-0.25, -0.2) is 9.97 Å². The van der Waals surface area contributed by atoms with Gasteiger partial charge in [0.2, 0.25) is 0 Å². The van der Waals surface area contributed by atoms with Crippen molar-refractivity contribution in [2.45, 2.75) is 0 Å². The third-order valence-electron chi connectivity index (χ3n) is 4.93. The van der Waals surface area contributed by atoms with Crippen LogP contribution >= 0.6 is 0 Å². The molecule has 0 bridgehead atoms. The number of carbonyl (C=O) groups excluding carboxylic acids is 1. The molecule has 1 aliphatic heterocycles. The van der Waals surface area contributed by atoms with E-state index in [2.05, 4.69) is 27.1 Å². The van der Waals surface area contributed by atoms with Gasteiger partial charge in [0.1, 0.15) is 5.75 Å². The lowest BCUT2D eigenvalue weighted by Gasteiger charge is -2.33. The van der Waals surface area contributed by atoms with Gasteiger partial charge in [-0.1, -0.05) is 24.3 Å². The first-order valence-corrected chi connectivity index (χ1v) is 9.30. The van der Waals surface area contributed by atoms with Crippen molar-refractivity contribution in [3.8, 4) is 5.75 Å². The predicted molar refractivity (Wildman–Crippen MR) is 110 cm³/mol. The molecule has 1 aliphatic rings. The van der Waals surface area contributed by atoms with Crippen molar-refractivity contribution < 1.29 is 9.53 Å². The van der Waals surface area contributed by atoms with Gasteiger partial charge in [-0.3, -0.25) is 4.79 Å². The van der Waals surface area contributed by atoms with Crippen LogP contribution in [0.15, 0.2) is 48.5 Å². The fraction of sp³-hybridized carbons (Fsp3) is 0.286. The molecular formula is C21H23N5O2. The van der Waals surface area contributed by atoms with Crippen molar-refractivity contribution in [2.24, 2.45) is 0 Å². The van der Waals surface area contributed by atoms with Crippen LogP contribution in [-0.4, -0.2) is 61.1 Å². The zero-order valence-corrected chi connectivity index (χ0v) is 16.1. The van der Waals surface area contributed by atoms with Crippen molar-refractivity contribution >= 4 is 28.4 Å². The minimum Gasteiger partial charge on any atom is -0.495 e. The first-order chi connectivity index (χ1) is 13.7. The SMILES string of the molecule is COc1ccccc1NC(=O)c1nc2ccccc2nc1N1CCN(C)CC1. The van der Waals surface area contributed by atoms with Crippen LogP contribution in [0.4, 0.5) is 11.5 Å². The topological polar surface area (TPSA) is 70.6 Å². The van der Waals surface area contributed by atoms with E-state index in [1.165, 1.54) is 0 Å². The third-order valence-corrected chi connectivity index (χ3v) is 4.93. The summed E-state index contributed by atoms with van der Waals surface area (Å²) in [5.74, 6) is 0.932. The molecule has 28 heavy (non-hydrogen) atoms. The number of rotatable bonds is 4. The summed E-state index contributed by atoms with van der Waals surface area (Å²) in [5, 5.41) is 2.93. The number of carbonyl (C=O) groups is 1. The molecule has 1 saturated heterocycles. The monoisotopic (exact) mass is 377 g/mol. The van der Waals surface area contributed by atoms with E-state index in [0.717, 1.165) is 31.7 Å². The molecule has 2 aromatic carbocycles. The molecule has 1 aromatic heterocycles. The average molecular weight is 377 g/mol. The van der Waals surface area contributed by atoms with Crippen LogP contribution in [0.3, 0.4) is 0 Å². The van der Waals surface area contributed by atoms with Crippen LogP contribution in [0.1, 0.15) is 10.5 Å². The number of likely N-dealkylation sites (N-methyl/N-ethyl adjacent to an activating group) is 1. The molecule has 0 aliphatic carbocycles. The van der Waals surface area contributed by atoms with Gasteiger partial charge in [-0.05, 0) is 31.3 Å². The third kappa shape index (κ3) is 3.61. The van der Waals surface area contributed by atoms with Crippen molar-refractivity contribution in [3.63, 3.8) is 0 Å². The summed E-state index contributed by atoms with van der Waals surface area (Å²) in [4.78, 5) is 27.0. The van der Waals surface area contributed by atoms with Crippen molar-refractivity contribution in [1.29, 1.82) is 0 Å². The average Bonchev–Trinajstić information content (AvgIpc) is 2.73. The van der Waals surface area contributed by atoms with Gasteiger partial charge in [-0.15, -0.1) is 0 Å². The fourth-order valence-electron chi connectivity index (χ4n) is 3.31. The van der Waals surface area contributed by atoms with E-state index in [0.29, 0.717) is 28.5 Å². The molecule has 7 nitrogen and oxygen atoms in total. The van der Waals surface area contributed by atoms with Crippen LogP contribution in [0.2, 0.25) is 0 Å². The largest absolute Gasteiger partial charge is 0.495 e. The number of benzene rings is 2. The first-order valence-electron chi connectivity index (χ1n) is 9.30. The normalized spacial score (nSPS) is 14.9. The first kappa shape index (κ1) is 18.2. The highest BCUT2D eigenvalue weighted by molar-refractivity contribution is 6.07. The summed E-state index contributed by atoms with van der Waals surface area (Å²) in [5.41, 5.74) is 2.42. The minimum absolute atomic E-state index is 0.295. The van der Waals surface area contributed by atoms with E-state index in [1.807, 2.05) is 42.5 Å². The molecule has 0 spiro atoms. The minimum atomic E-state index is -0.295. The maximum absolute atomic E-state index is 13.1. The smallest absolute Gasteiger partial charge is 0.278 e. The molecule has 7 heteroatoms. The summed E-state index contributed by atoms with van der Waals surface area (Å²) in [6.07, 6.45) is 0. The van der Waals surface area contributed by atoms with Gasteiger partial charge < -0.3 is 19.9 Å². The predicted octanol–water partition coefficient (Wildman–Crippen LogP) is 2.64. The van der Waals surface area contributed by atoms with E-state index in [4.69, 9.17) is 9.72 Å². The van der Waals surface area contributed by atoms with Gasteiger partial charge in [0.05, 0.1) is 23.8 Å². The summed E-state index contributed by atoms with van der Waals surface area (Å²) >= 11 is 0. The van der Waals surface area contributed by atoms with Crippen LogP contribution in [0, 0.1) is 0 Å². The molecule has 0 radical (unpaired) electrons. The number of anilines is 2. The Morgan fingerprint density at radius 3 is 2.32 bits per heavy atom. The zero-order chi connectivity index (χ0) is 19.5. The lowest BCUT2D eigenvalue weighted by molar-refractivity contribution is 0.102. The number of para-hydroxylation sites is 4. The number of ether oxygens (including phenoxy) is 1. The fourth-order valence-corrected chi connectivity index (χ4v) is 3.31. The highest BCUT2D eigenvalue weighted by Crippen LogP contribution is 2.26. The van der Waals surface area contributed by atoms with Crippen LogP contribution in [0.25, 0.3) is 11.0 Å². The quantitative estimate of drug-likeness (QED) is 0.754. The number of piperazine rings is 1. The van der Waals surface area contributed by atoms with Crippen LogP contribution in [0.5, 0.6) is 5.75 Å². The van der Waals surface area contributed by atoms with E-state index in [-0.39, 0.29) is 5.91 Å². The van der Waals surface area contributed by atoms with E-state index in [1.54, 1.807) is 13.2 Å². The number of hydrogen-bond acceptors (Lipinski definition) is 6. The number of aromatic nitrogens is 2. The molecule has 3 aromatic rings. The maximum Gasteiger partial charge on any atom is 0.278 e. The van der Waals surface area contributed by atoms with E-state index in [9.17, 15) is 4.79 Å². The van der Waals surface area contributed by atoms with Crippen molar-refractivity contribution in [2.75, 3.05) is 50.6 Å². The van der Waals surface area contributed by atoms with Gasteiger partial charge >= 0.3 is 0 Å². The Bertz CT molecular complexity index is 999.